The van der Waals surface area contributed by atoms with Gasteiger partial charge in [-0.2, -0.15) is 0 Å². The van der Waals surface area contributed by atoms with Crippen molar-refractivity contribution < 1.29 is 0 Å². The third-order valence-electron chi connectivity index (χ3n) is 16.6. The second kappa shape index (κ2) is 15.3. The van der Waals surface area contributed by atoms with Gasteiger partial charge < -0.3 is 9.13 Å². The molecular formula is C70H70N2. The maximum atomic E-state index is 2.60. The quantitative estimate of drug-likeness (QED) is 0.121. The molecule has 0 spiro atoms. The van der Waals surface area contributed by atoms with Crippen LogP contribution in [0.25, 0.3) is 109 Å². The van der Waals surface area contributed by atoms with Gasteiger partial charge in [0.2, 0.25) is 0 Å². The number of benzene rings is 10. The first-order valence-electron chi connectivity index (χ1n) is 26.4. The predicted molar refractivity (Wildman–Crippen MR) is 316 cm³/mol. The highest BCUT2D eigenvalue weighted by molar-refractivity contribution is 6.40. The van der Waals surface area contributed by atoms with E-state index in [1.54, 1.807) is 0 Å². The molecule has 2 heterocycles. The largest absolute Gasteiger partial charge is 0.313 e. The smallest absolute Gasteiger partial charge is 0.0619 e. The Balaban J connectivity index is 1.22. The maximum absolute atomic E-state index is 2.60. The van der Waals surface area contributed by atoms with Crippen molar-refractivity contribution >= 4 is 97.2 Å². The van der Waals surface area contributed by atoms with Gasteiger partial charge in [-0.05, 0) is 161 Å². The highest BCUT2D eigenvalue weighted by atomic mass is 15.0. The normalized spacial score (nSPS) is 13.3. The number of rotatable bonds is 2. The fraction of sp³-hybridized carbons (Fsp3) is 0.286. The molecule has 0 radical (unpaired) electrons. The van der Waals surface area contributed by atoms with Crippen LogP contribution in [-0.2, 0) is 21.7 Å². The van der Waals surface area contributed by atoms with E-state index in [-0.39, 0.29) is 21.7 Å². The fourth-order valence-electron chi connectivity index (χ4n) is 13.8. The summed E-state index contributed by atoms with van der Waals surface area (Å²) in [5.41, 5.74) is 15.6. The molecule has 10 aromatic carbocycles. The van der Waals surface area contributed by atoms with Crippen molar-refractivity contribution in [3.05, 3.63) is 178 Å². The Bertz CT molecular complexity index is 4040. The Morgan fingerprint density at radius 1 is 0.264 bits per heavy atom. The minimum absolute atomic E-state index is 0.0479. The van der Waals surface area contributed by atoms with Gasteiger partial charge in [-0.25, -0.2) is 0 Å². The van der Waals surface area contributed by atoms with Crippen molar-refractivity contribution in [3.63, 3.8) is 0 Å². The van der Waals surface area contributed by atoms with E-state index < -0.39 is 0 Å². The van der Waals surface area contributed by atoms with Gasteiger partial charge >= 0.3 is 0 Å². The summed E-state index contributed by atoms with van der Waals surface area (Å²) in [5, 5.41) is 21.4. The van der Waals surface area contributed by atoms with Crippen molar-refractivity contribution in [1.29, 1.82) is 0 Å². The van der Waals surface area contributed by atoms with Crippen molar-refractivity contribution in [2.45, 2.75) is 132 Å². The molecule has 72 heavy (non-hydrogen) atoms. The molecule has 0 aliphatic rings. The topological polar surface area (TPSA) is 9.86 Å². The maximum Gasteiger partial charge on any atom is 0.0619 e. The van der Waals surface area contributed by atoms with E-state index in [1.165, 1.54) is 153 Å². The van der Waals surface area contributed by atoms with E-state index >= 15 is 0 Å². The number of hydrogen-bond acceptors (Lipinski definition) is 0. The van der Waals surface area contributed by atoms with E-state index in [2.05, 4.69) is 253 Å². The van der Waals surface area contributed by atoms with Crippen LogP contribution < -0.4 is 0 Å². The van der Waals surface area contributed by atoms with Crippen LogP contribution in [0, 0.1) is 27.7 Å². The molecule has 2 heteroatoms. The van der Waals surface area contributed by atoms with Crippen LogP contribution in [0.5, 0.6) is 0 Å². The molecule has 12 aromatic rings. The minimum atomic E-state index is -0.0817. The summed E-state index contributed by atoms with van der Waals surface area (Å²) in [6, 6.07) is 51.5. The summed E-state index contributed by atoms with van der Waals surface area (Å²) >= 11 is 0. The molecule has 0 saturated heterocycles. The molecule has 0 atom stereocenters. The third kappa shape index (κ3) is 6.39. The number of aromatic nitrogens is 2. The van der Waals surface area contributed by atoms with E-state index in [1.807, 2.05) is 0 Å². The average molecular weight is 939 g/mol. The van der Waals surface area contributed by atoms with Gasteiger partial charge in [-0.3, -0.25) is 0 Å². The van der Waals surface area contributed by atoms with E-state index in [4.69, 9.17) is 0 Å². The fourth-order valence-corrected chi connectivity index (χ4v) is 13.8. The standard InChI is InChI=1S/C70H70N2/c1-39-41(3)71(43-33-35-51-55(37-43)63(69(11,12)13)49-29-21-19-27-47(49)61(51)67(5,6)7)65-53-31-23-18-26-46(53)60-58-40(2)42(4)72(66(58)54-32-24-17-25-45(54)59(60)57(39)65)44-34-36-52-56(38-44)64(70(14,15)16)50-30-22-20-28-48(50)62(52)68(8,9)10/h17-38H,1-16H3. The lowest BCUT2D eigenvalue weighted by molar-refractivity contribution is 0.593. The van der Waals surface area contributed by atoms with Crippen molar-refractivity contribution in [3.8, 4) is 11.4 Å². The van der Waals surface area contributed by atoms with Crippen LogP contribution >= 0.6 is 0 Å². The van der Waals surface area contributed by atoms with Crippen LogP contribution in [0.15, 0.2) is 133 Å². The minimum Gasteiger partial charge on any atom is -0.313 e. The van der Waals surface area contributed by atoms with Gasteiger partial charge in [0, 0.05) is 55.1 Å². The van der Waals surface area contributed by atoms with Crippen LogP contribution in [0.2, 0.25) is 0 Å². The summed E-state index contributed by atoms with van der Waals surface area (Å²) < 4.78 is 5.20. The number of fused-ring (bicyclic) bond motifs is 15. The molecule has 0 bridgehead atoms. The second-order valence-electron chi connectivity index (χ2n) is 25.4. The van der Waals surface area contributed by atoms with E-state index in [0.29, 0.717) is 0 Å². The molecule has 0 aliphatic heterocycles. The molecule has 0 unspecified atom stereocenters. The zero-order chi connectivity index (χ0) is 50.9. The molecule has 0 saturated carbocycles. The molecule has 0 N–H and O–H groups in total. The lowest BCUT2D eigenvalue weighted by atomic mass is 9.74. The van der Waals surface area contributed by atoms with Gasteiger partial charge in [0.05, 0.1) is 11.0 Å². The summed E-state index contributed by atoms with van der Waals surface area (Å²) in [5.74, 6) is 0. The van der Waals surface area contributed by atoms with E-state index in [9.17, 15) is 0 Å². The van der Waals surface area contributed by atoms with Crippen LogP contribution in [0.3, 0.4) is 0 Å². The SMILES string of the molecule is Cc1c(C)n(-c2ccc3c(C(C)(C)C)c4ccccc4c(C(C)(C)C)c3c2)c2c3ccccc3c3c4c(C)c(C)n(-c5ccc6c(C(C)(C)C)c7ccccc7c(C(C)(C)C)c6c5)c4c4ccccc4c3c12. The lowest BCUT2D eigenvalue weighted by Crippen LogP contribution is -2.17. The van der Waals surface area contributed by atoms with Crippen molar-refractivity contribution in [2.24, 2.45) is 0 Å². The molecule has 0 aliphatic carbocycles. The molecular weight excluding hydrogens is 869 g/mol. The Hall–Kier alpha value is -6.90. The predicted octanol–water partition coefficient (Wildman–Crippen LogP) is 20.1. The lowest BCUT2D eigenvalue weighted by Gasteiger charge is -2.30. The molecule has 360 valence electrons. The second-order valence-corrected chi connectivity index (χ2v) is 25.4. The molecule has 0 fully saturated rings. The van der Waals surface area contributed by atoms with Gasteiger partial charge in [0.1, 0.15) is 0 Å². The van der Waals surface area contributed by atoms with Crippen LogP contribution in [0.1, 0.15) is 128 Å². The first-order valence-corrected chi connectivity index (χ1v) is 26.4. The Kier molecular flexibility index (Phi) is 9.82. The number of nitrogens with zero attached hydrogens (tertiary/aromatic N) is 2. The molecule has 2 aromatic heterocycles. The van der Waals surface area contributed by atoms with Crippen molar-refractivity contribution in [2.75, 3.05) is 0 Å². The monoisotopic (exact) mass is 939 g/mol. The molecule has 2 nitrogen and oxygen atoms in total. The third-order valence-corrected chi connectivity index (χ3v) is 16.6. The highest BCUT2D eigenvalue weighted by Gasteiger charge is 2.32. The zero-order valence-electron chi connectivity index (χ0n) is 45.6. The average Bonchev–Trinajstić information content (AvgIpc) is 3.74. The van der Waals surface area contributed by atoms with Gasteiger partial charge in [-0.15, -0.1) is 0 Å². The van der Waals surface area contributed by atoms with Crippen molar-refractivity contribution in [1.82, 2.24) is 9.13 Å². The van der Waals surface area contributed by atoms with Gasteiger partial charge in [0.25, 0.3) is 0 Å². The van der Waals surface area contributed by atoms with Crippen LogP contribution in [0.4, 0.5) is 0 Å². The Morgan fingerprint density at radius 3 is 0.806 bits per heavy atom. The molecule has 0 amide bonds. The first-order chi connectivity index (χ1) is 34.0. The highest BCUT2D eigenvalue weighted by Crippen LogP contribution is 2.51. The van der Waals surface area contributed by atoms with Gasteiger partial charge in [-0.1, -0.05) is 192 Å². The number of hydrogen-bond donors (Lipinski definition) is 0. The first kappa shape index (κ1) is 46.2. The zero-order valence-corrected chi connectivity index (χ0v) is 45.6. The van der Waals surface area contributed by atoms with Gasteiger partial charge in [0.15, 0.2) is 0 Å². The van der Waals surface area contributed by atoms with Crippen LogP contribution in [-0.4, -0.2) is 9.13 Å². The summed E-state index contributed by atoms with van der Waals surface area (Å²) in [7, 11) is 0. The summed E-state index contributed by atoms with van der Waals surface area (Å²) in [6.45, 7) is 38.0. The Labute approximate surface area is 426 Å². The van der Waals surface area contributed by atoms with E-state index in [0.717, 1.165) is 0 Å². The number of aryl methyl sites for hydroxylation is 2. The Morgan fingerprint density at radius 2 is 0.514 bits per heavy atom. The molecule has 12 rings (SSSR count). The summed E-state index contributed by atoms with van der Waals surface area (Å²) in [6.07, 6.45) is 0. The summed E-state index contributed by atoms with van der Waals surface area (Å²) in [4.78, 5) is 0.